The van der Waals surface area contributed by atoms with E-state index in [0.29, 0.717) is 49.2 Å². The molecule has 0 radical (unpaired) electrons. The predicted molar refractivity (Wildman–Crippen MR) is 182 cm³/mol. The number of halogens is 3. The van der Waals surface area contributed by atoms with Gasteiger partial charge in [0.2, 0.25) is 11.6 Å². The number of alkyl halides is 1. The molecule has 9 nitrogen and oxygen atoms in total. The monoisotopic (exact) mass is 675 g/mol. The number of carbonyl (C=O) groups is 1. The van der Waals surface area contributed by atoms with Crippen LogP contribution in [0.25, 0.3) is 37.0 Å². The van der Waals surface area contributed by atoms with E-state index in [9.17, 15) is 13.6 Å². The molecule has 2 N–H and O–H groups in total. The number of fused-ring (bicyclic) bond motifs is 3. The first kappa shape index (κ1) is 32.2. The number of aromatic nitrogens is 2. The van der Waals surface area contributed by atoms with Crippen LogP contribution in [0.3, 0.4) is 0 Å². The molecule has 0 spiro atoms. The van der Waals surface area contributed by atoms with Gasteiger partial charge in [-0.1, -0.05) is 18.7 Å². The SMILES string of the molecule is [C-]#[N+]c1c(N)sc2c(F)ccc(-c3ccc4c(N(CC)C5CCN(C(=O)C=C)C5C)nc(OCC56CCCN5CC(F)C6)nc4c3F)c12. The van der Waals surface area contributed by atoms with E-state index in [1.54, 1.807) is 17.0 Å². The number of likely N-dealkylation sites (N-methyl/N-ethyl adjacent to an activating group) is 1. The number of nitrogen functional groups attached to an aromatic ring is 1. The zero-order valence-corrected chi connectivity index (χ0v) is 27.6. The Morgan fingerprint density at radius 2 is 2.06 bits per heavy atom. The molecule has 0 saturated carbocycles. The highest BCUT2D eigenvalue weighted by molar-refractivity contribution is 7.23. The van der Waals surface area contributed by atoms with Crippen molar-refractivity contribution in [3.8, 4) is 17.1 Å². The van der Waals surface area contributed by atoms with Crippen LogP contribution in [-0.4, -0.2) is 82.3 Å². The fraction of sp³-hybridized carbons (Fsp3) is 0.429. The van der Waals surface area contributed by atoms with Crippen LogP contribution < -0.4 is 15.4 Å². The molecular weight excluding hydrogens is 639 g/mol. The van der Waals surface area contributed by atoms with Crippen molar-refractivity contribution in [3.05, 3.63) is 60.0 Å². The third-order valence-electron chi connectivity index (χ3n) is 10.4. The molecule has 1 amide bonds. The smallest absolute Gasteiger partial charge is 0.319 e. The number of amides is 1. The Morgan fingerprint density at radius 3 is 2.81 bits per heavy atom. The average molecular weight is 676 g/mol. The quantitative estimate of drug-likeness (QED) is 0.161. The van der Waals surface area contributed by atoms with E-state index in [1.165, 1.54) is 18.2 Å². The maximum atomic E-state index is 16.9. The highest BCUT2D eigenvalue weighted by Gasteiger charge is 2.49. The molecule has 0 bridgehead atoms. The number of thiophene rings is 1. The van der Waals surface area contributed by atoms with Gasteiger partial charge < -0.3 is 20.3 Å². The predicted octanol–water partition coefficient (Wildman–Crippen LogP) is 6.88. The van der Waals surface area contributed by atoms with Crippen LogP contribution in [0.1, 0.15) is 39.5 Å². The summed E-state index contributed by atoms with van der Waals surface area (Å²) in [6, 6.07) is 5.67. The Morgan fingerprint density at radius 1 is 1.27 bits per heavy atom. The summed E-state index contributed by atoms with van der Waals surface area (Å²) in [5.41, 5.74) is 6.13. The molecule has 3 saturated heterocycles. The van der Waals surface area contributed by atoms with Crippen LogP contribution in [0.2, 0.25) is 0 Å². The summed E-state index contributed by atoms with van der Waals surface area (Å²) in [7, 11) is 0. The highest BCUT2D eigenvalue weighted by Crippen LogP contribution is 2.48. The van der Waals surface area contributed by atoms with E-state index < -0.39 is 23.3 Å². The van der Waals surface area contributed by atoms with Crippen LogP contribution in [0.15, 0.2) is 36.9 Å². The first-order chi connectivity index (χ1) is 23.1. The van der Waals surface area contributed by atoms with Crippen molar-refractivity contribution in [2.75, 3.05) is 43.4 Å². The number of likely N-dealkylation sites (tertiary alicyclic amines) is 1. The lowest BCUT2D eigenvalue weighted by Crippen LogP contribution is -2.45. The zero-order valence-electron chi connectivity index (χ0n) is 26.8. The molecule has 3 aliphatic heterocycles. The van der Waals surface area contributed by atoms with E-state index in [4.69, 9.17) is 22.0 Å². The Balaban J connectivity index is 1.37. The first-order valence-electron chi connectivity index (χ1n) is 16.2. The van der Waals surface area contributed by atoms with Gasteiger partial charge in [0.15, 0.2) is 5.82 Å². The molecule has 250 valence electrons. The van der Waals surface area contributed by atoms with Gasteiger partial charge in [-0.3, -0.25) is 9.69 Å². The summed E-state index contributed by atoms with van der Waals surface area (Å²) in [5, 5.41) is 0.842. The number of hydrogen-bond acceptors (Lipinski definition) is 8. The Bertz CT molecular complexity index is 2000. The molecular formula is C35H36F3N7O2S. The number of nitrogens with two attached hydrogens (primary N) is 1. The maximum Gasteiger partial charge on any atom is 0.319 e. The van der Waals surface area contributed by atoms with Crippen molar-refractivity contribution in [1.82, 2.24) is 19.8 Å². The van der Waals surface area contributed by atoms with Gasteiger partial charge in [-0.15, -0.1) is 11.3 Å². The van der Waals surface area contributed by atoms with E-state index in [2.05, 4.69) is 26.2 Å². The molecule has 0 aliphatic carbocycles. The molecule has 3 aliphatic rings. The Labute approximate surface area is 280 Å². The highest BCUT2D eigenvalue weighted by atomic mass is 32.1. The summed E-state index contributed by atoms with van der Waals surface area (Å²) < 4.78 is 52.8. The molecule has 4 unspecified atom stereocenters. The van der Waals surface area contributed by atoms with Gasteiger partial charge >= 0.3 is 6.01 Å². The molecule has 48 heavy (non-hydrogen) atoms. The number of hydrogen-bond donors (Lipinski definition) is 1. The largest absolute Gasteiger partial charge is 0.461 e. The van der Waals surface area contributed by atoms with Crippen molar-refractivity contribution in [2.24, 2.45) is 0 Å². The molecule has 7 rings (SSSR count). The third kappa shape index (κ3) is 5.04. The molecule has 4 atom stereocenters. The van der Waals surface area contributed by atoms with Crippen molar-refractivity contribution >= 4 is 54.7 Å². The van der Waals surface area contributed by atoms with Crippen LogP contribution in [0, 0.1) is 18.2 Å². The van der Waals surface area contributed by atoms with E-state index in [-0.39, 0.29) is 62.5 Å². The second-order valence-corrected chi connectivity index (χ2v) is 13.9. The summed E-state index contributed by atoms with van der Waals surface area (Å²) >= 11 is 0.953. The minimum Gasteiger partial charge on any atom is -0.461 e. The number of anilines is 2. The summed E-state index contributed by atoms with van der Waals surface area (Å²) in [5.74, 6) is -0.930. The molecule has 13 heteroatoms. The minimum atomic E-state index is -0.943. The first-order valence-corrected chi connectivity index (χ1v) is 17.0. The molecule has 5 heterocycles. The number of nitrogens with zero attached hydrogens (tertiary/aromatic N) is 6. The fourth-order valence-corrected chi connectivity index (χ4v) is 9.02. The lowest BCUT2D eigenvalue weighted by molar-refractivity contribution is -0.126. The topological polar surface area (TPSA) is 92.2 Å². The molecule has 2 aromatic heterocycles. The van der Waals surface area contributed by atoms with Crippen LogP contribution in [0.4, 0.5) is 29.7 Å². The lowest BCUT2D eigenvalue weighted by atomic mass is 9.95. The third-order valence-corrected chi connectivity index (χ3v) is 11.4. The number of benzene rings is 2. The molecule has 2 aromatic carbocycles. The summed E-state index contributed by atoms with van der Waals surface area (Å²) in [4.78, 5) is 31.5. The van der Waals surface area contributed by atoms with Crippen LogP contribution in [0.5, 0.6) is 6.01 Å². The van der Waals surface area contributed by atoms with Gasteiger partial charge in [-0.05, 0) is 63.4 Å². The normalized spacial score (nSPS) is 23.9. The Hall–Kier alpha value is -4.41. The Kier molecular flexibility index (Phi) is 8.20. The van der Waals surface area contributed by atoms with Gasteiger partial charge in [-0.25, -0.2) is 18.0 Å². The number of carbonyl (C=O) groups excluding carboxylic acids is 1. The van der Waals surface area contributed by atoms with Gasteiger partial charge in [0.25, 0.3) is 0 Å². The van der Waals surface area contributed by atoms with E-state index >= 15 is 4.39 Å². The van der Waals surface area contributed by atoms with Gasteiger partial charge in [0.1, 0.15) is 29.9 Å². The molecule has 3 fully saturated rings. The second-order valence-electron chi connectivity index (χ2n) is 12.9. The minimum absolute atomic E-state index is 0.00349. The van der Waals surface area contributed by atoms with Crippen molar-refractivity contribution in [3.63, 3.8) is 0 Å². The lowest BCUT2D eigenvalue weighted by Gasteiger charge is -2.34. The number of ether oxygens (including phenoxy) is 1. The van der Waals surface area contributed by atoms with Gasteiger partial charge in [-0.2, -0.15) is 9.97 Å². The van der Waals surface area contributed by atoms with E-state index in [0.717, 1.165) is 30.7 Å². The van der Waals surface area contributed by atoms with Crippen molar-refractivity contribution in [1.29, 1.82) is 0 Å². The van der Waals surface area contributed by atoms with Gasteiger partial charge in [0.05, 0.1) is 27.9 Å². The second kappa shape index (κ2) is 12.2. The number of rotatable bonds is 8. The van der Waals surface area contributed by atoms with E-state index in [1.807, 2.05) is 13.8 Å². The van der Waals surface area contributed by atoms with Crippen molar-refractivity contribution < 1.29 is 22.7 Å². The average Bonchev–Trinajstić information content (AvgIpc) is 3.82. The summed E-state index contributed by atoms with van der Waals surface area (Å²) in [6.45, 7) is 17.6. The van der Waals surface area contributed by atoms with Crippen molar-refractivity contribution in [2.45, 2.75) is 63.3 Å². The maximum absolute atomic E-state index is 16.9. The zero-order chi connectivity index (χ0) is 33.9. The van der Waals surface area contributed by atoms with Crippen LogP contribution in [-0.2, 0) is 4.79 Å². The molecule has 4 aromatic rings. The standard InChI is InChI=1S/C35H36F3N7O2S/c1-5-26(46)45-15-12-25(19(45)3)44(6-2)33-23-9-8-22(21-10-11-24(37)31-27(21)30(40-4)32(39)48-31)28(38)29(23)41-34(42-33)47-18-35-13-7-14-43(35)17-20(36)16-35/h5,8-11,19-20,25H,1,6-7,12-18,39H2,2-3H3. The van der Waals surface area contributed by atoms with Gasteiger partial charge in [0, 0.05) is 48.4 Å². The van der Waals surface area contributed by atoms with Crippen LogP contribution >= 0.6 is 11.3 Å². The fourth-order valence-electron chi connectivity index (χ4n) is 8.08. The summed E-state index contributed by atoms with van der Waals surface area (Å²) in [6.07, 6.45) is 3.11.